The maximum atomic E-state index is 12.4. The van der Waals surface area contributed by atoms with Crippen molar-refractivity contribution in [3.05, 3.63) is 59.4 Å². The van der Waals surface area contributed by atoms with Gasteiger partial charge in [0, 0.05) is 5.39 Å². The largest absolute Gasteiger partial charge is 0.495 e. The molecule has 1 amide bonds. The van der Waals surface area contributed by atoms with Crippen LogP contribution in [0.5, 0.6) is 5.75 Å². The standard InChI is InChI=1S/C18H17NO3/c1-11-7-8-15(21-3)14(9-11)19-18(20)16-10-13-6-4-5-12(2)17(13)22-16/h4-10H,1-3H3,(H,19,20). The van der Waals surface area contributed by atoms with Crippen molar-refractivity contribution in [2.24, 2.45) is 0 Å². The molecule has 4 nitrogen and oxygen atoms in total. The Balaban J connectivity index is 1.93. The third-order valence-corrected chi connectivity index (χ3v) is 3.57. The van der Waals surface area contributed by atoms with Crippen molar-refractivity contribution in [3.8, 4) is 5.75 Å². The second-order valence-corrected chi connectivity index (χ2v) is 5.26. The van der Waals surface area contributed by atoms with Gasteiger partial charge in [-0.1, -0.05) is 24.3 Å². The predicted molar refractivity (Wildman–Crippen MR) is 86.6 cm³/mol. The number of rotatable bonds is 3. The predicted octanol–water partition coefficient (Wildman–Crippen LogP) is 4.31. The van der Waals surface area contributed by atoms with E-state index in [1.807, 2.05) is 50.2 Å². The van der Waals surface area contributed by atoms with Crippen LogP contribution < -0.4 is 10.1 Å². The van der Waals surface area contributed by atoms with Crippen LogP contribution in [-0.4, -0.2) is 13.0 Å². The molecule has 0 aliphatic heterocycles. The van der Waals surface area contributed by atoms with E-state index in [0.29, 0.717) is 11.4 Å². The van der Waals surface area contributed by atoms with Crippen molar-refractivity contribution < 1.29 is 13.9 Å². The van der Waals surface area contributed by atoms with Gasteiger partial charge in [-0.25, -0.2) is 0 Å². The molecule has 4 heteroatoms. The van der Waals surface area contributed by atoms with E-state index in [9.17, 15) is 4.79 Å². The van der Waals surface area contributed by atoms with E-state index < -0.39 is 0 Å². The molecule has 0 spiro atoms. The summed E-state index contributed by atoms with van der Waals surface area (Å²) in [7, 11) is 1.57. The first-order valence-electron chi connectivity index (χ1n) is 7.03. The number of hydrogen-bond donors (Lipinski definition) is 1. The van der Waals surface area contributed by atoms with Crippen LogP contribution in [0.2, 0.25) is 0 Å². The first-order chi connectivity index (χ1) is 10.6. The van der Waals surface area contributed by atoms with Gasteiger partial charge < -0.3 is 14.5 Å². The molecule has 3 rings (SSSR count). The summed E-state index contributed by atoms with van der Waals surface area (Å²) in [5.74, 6) is 0.610. The number of nitrogens with one attached hydrogen (secondary N) is 1. The normalized spacial score (nSPS) is 10.7. The Hall–Kier alpha value is -2.75. The Morgan fingerprint density at radius 2 is 1.95 bits per heavy atom. The first-order valence-corrected chi connectivity index (χ1v) is 7.03. The van der Waals surface area contributed by atoms with Gasteiger partial charge in [-0.2, -0.15) is 0 Å². The van der Waals surface area contributed by atoms with Gasteiger partial charge >= 0.3 is 0 Å². The van der Waals surface area contributed by atoms with Crippen LogP contribution in [0, 0.1) is 13.8 Å². The molecule has 0 radical (unpaired) electrons. The van der Waals surface area contributed by atoms with Crippen molar-refractivity contribution >= 4 is 22.6 Å². The molecule has 0 aliphatic carbocycles. The van der Waals surface area contributed by atoms with Gasteiger partial charge in [0.05, 0.1) is 12.8 Å². The van der Waals surface area contributed by atoms with Crippen molar-refractivity contribution in [1.29, 1.82) is 0 Å². The number of carbonyl (C=O) groups excluding carboxylic acids is 1. The van der Waals surface area contributed by atoms with Gasteiger partial charge in [0.15, 0.2) is 5.76 Å². The Morgan fingerprint density at radius 1 is 1.14 bits per heavy atom. The molecule has 0 bridgehead atoms. The molecule has 1 N–H and O–H groups in total. The Labute approximate surface area is 128 Å². The lowest BCUT2D eigenvalue weighted by Crippen LogP contribution is -2.11. The van der Waals surface area contributed by atoms with E-state index in [1.54, 1.807) is 13.2 Å². The minimum atomic E-state index is -0.292. The molecule has 0 aliphatic rings. The molecule has 112 valence electrons. The number of fused-ring (bicyclic) bond motifs is 1. The fourth-order valence-corrected chi connectivity index (χ4v) is 2.42. The van der Waals surface area contributed by atoms with Crippen LogP contribution in [0.4, 0.5) is 5.69 Å². The second-order valence-electron chi connectivity index (χ2n) is 5.26. The summed E-state index contributed by atoms with van der Waals surface area (Å²) in [5, 5.41) is 3.76. The molecule has 0 saturated carbocycles. The molecule has 22 heavy (non-hydrogen) atoms. The number of furan rings is 1. The summed E-state index contributed by atoms with van der Waals surface area (Å²) in [4.78, 5) is 12.4. The average Bonchev–Trinajstić information content (AvgIpc) is 2.93. The molecule has 0 saturated heterocycles. The quantitative estimate of drug-likeness (QED) is 0.783. The molecule has 3 aromatic rings. The summed E-state index contributed by atoms with van der Waals surface area (Å²) in [6.07, 6.45) is 0. The summed E-state index contributed by atoms with van der Waals surface area (Å²) >= 11 is 0. The van der Waals surface area contributed by atoms with Crippen LogP contribution in [0.3, 0.4) is 0 Å². The first kappa shape index (κ1) is 14.2. The van der Waals surface area contributed by atoms with Crippen LogP contribution in [0.15, 0.2) is 46.9 Å². The van der Waals surface area contributed by atoms with Crippen LogP contribution in [-0.2, 0) is 0 Å². The molecule has 2 aromatic carbocycles. The van der Waals surface area contributed by atoms with Gasteiger partial charge in [0.1, 0.15) is 11.3 Å². The van der Waals surface area contributed by atoms with Gasteiger partial charge in [-0.05, 0) is 43.2 Å². The topological polar surface area (TPSA) is 51.5 Å². The monoisotopic (exact) mass is 295 g/mol. The number of carbonyl (C=O) groups is 1. The minimum Gasteiger partial charge on any atom is -0.495 e. The third-order valence-electron chi connectivity index (χ3n) is 3.57. The number of anilines is 1. The maximum Gasteiger partial charge on any atom is 0.291 e. The van der Waals surface area contributed by atoms with Gasteiger partial charge in [0.25, 0.3) is 5.91 Å². The third kappa shape index (κ3) is 2.55. The number of methoxy groups -OCH3 is 1. The van der Waals surface area contributed by atoms with Gasteiger partial charge in [-0.3, -0.25) is 4.79 Å². The van der Waals surface area contributed by atoms with Crippen molar-refractivity contribution in [2.45, 2.75) is 13.8 Å². The highest BCUT2D eigenvalue weighted by Gasteiger charge is 2.15. The van der Waals surface area contributed by atoms with Gasteiger partial charge in [-0.15, -0.1) is 0 Å². The maximum absolute atomic E-state index is 12.4. The Morgan fingerprint density at radius 3 is 2.68 bits per heavy atom. The van der Waals surface area contributed by atoms with Crippen LogP contribution in [0.25, 0.3) is 11.0 Å². The summed E-state index contributed by atoms with van der Waals surface area (Å²) in [6.45, 7) is 3.91. The highest BCUT2D eigenvalue weighted by molar-refractivity contribution is 6.05. The van der Waals surface area contributed by atoms with E-state index in [4.69, 9.17) is 9.15 Å². The van der Waals surface area contributed by atoms with Crippen molar-refractivity contribution in [2.75, 3.05) is 12.4 Å². The van der Waals surface area contributed by atoms with Crippen LogP contribution >= 0.6 is 0 Å². The zero-order valence-corrected chi connectivity index (χ0v) is 12.8. The molecular formula is C18H17NO3. The molecule has 0 fully saturated rings. The van der Waals surface area contributed by atoms with E-state index in [2.05, 4.69) is 5.32 Å². The number of amides is 1. The highest BCUT2D eigenvalue weighted by Crippen LogP contribution is 2.27. The smallest absolute Gasteiger partial charge is 0.291 e. The molecule has 0 atom stereocenters. The molecule has 1 heterocycles. The fourth-order valence-electron chi connectivity index (χ4n) is 2.42. The second kappa shape index (κ2) is 5.56. The molecular weight excluding hydrogens is 278 g/mol. The summed E-state index contributed by atoms with van der Waals surface area (Å²) < 4.78 is 11.0. The van der Waals surface area contributed by atoms with E-state index in [1.165, 1.54) is 0 Å². The van der Waals surface area contributed by atoms with Crippen LogP contribution in [0.1, 0.15) is 21.7 Å². The summed E-state index contributed by atoms with van der Waals surface area (Å²) in [6, 6.07) is 13.2. The summed E-state index contributed by atoms with van der Waals surface area (Å²) in [5.41, 5.74) is 3.41. The van der Waals surface area contributed by atoms with E-state index >= 15 is 0 Å². The lowest BCUT2D eigenvalue weighted by Gasteiger charge is -2.09. The number of hydrogen-bond acceptors (Lipinski definition) is 3. The molecule has 1 aromatic heterocycles. The Kier molecular flexibility index (Phi) is 3.59. The zero-order chi connectivity index (χ0) is 15.7. The minimum absolute atomic E-state index is 0.285. The highest BCUT2D eigenvalue weighted by atomic mass is 16.5. The number of para-hydroxylation sites is 1. The average molecular weight is 295 g/mol. The zero-order valence-electron chi connectivity index (χ0n) is 12.8. The lowest BCUT2D eigenvalue weighted by molar-refractivity contribution is 0.0998. The van der Waals surface area contributed by atoms with E-state index in [-0.39, 0.29) is 11.7 Å². The lowest BCUT2D eigenvalue weighted by atomic mass is 10.2. The number of ether oxygens (including phenoxy) is 1. The SMILES string of the molecule is COc1ccc(C)cc1NC(=O)c1cc2cccc(C)c2o1. The Bertz CT molecular complexity index is 849. The van der Waals surface area contributed by atoms with Crippen molar-refractivity contribution in [1.82, 2.24) is 0 Å². The van der Waals surface area contributed by atoms with Gasteiger partial charge in [0.2, 0.25) is 0 Å². The molecule has 0 unspecified atom stereocenters. The number of benzene rings is 2. The van der Waals surface area contributed by atoms with Crippen molar-refractivity contribution in [3.63, 3.8) is 0 Å². The number of aryl methyl sites for hydroxylation is 2. The fraction of sp³-hybridized carbons (Fsp3) is 0.167. The van der Waals surface area contributed by atoms with E-state index in [0.717, 1.165) is 22.1 Å².